The van der Waals surface area contributed by atoms with Gasteiger partial charge in [-0.1, -0.05) is 23.7 Å². The molecular weight excluding hydrogens is 454 g/mol. The molecule has 174 valence electrons. The highest BCUT2D eigenvalue weighted by atomic mass is 35.5. The van der Waals surface area contributed by atoms with Crippen LogP contribution >= 0.6 is 11.6 Å². The summed E-state index contributed by atoms with van der Waals surface area (Å²) < 4.78 is 1.64. The number of nitrogens with two attached hydrogens (primary N) is 1. The zero-order valence-electron chi connectivity index (χ0n) is 18.5. The smallest absolute Gasteiger partial charge is 0.254 e. The molecule has 0 radical (unpaired) electrons. The van der Waals surface area contributed by atoms with E-state index in [9.17, 15) is 9.59 Å². The van der Waals surface area contributed by atoms with Crippen molar-refractivity contribution in [3.63, 3.8) is 0 Å². The van der Waals surface area contributed by atoms with Gasteiger partial charge in [0.05, 0.1) is 12.6 Å². The van der Waals surface area contributed by atoms with Crippen molar-refractivity contribution < 1.29 is 9.59 Å². The molecule has 4 N–H and O–H groups in total. The summed E-state index contributed by atoms with van der Waals surface area (Å²) in [7, 11) is 0. The second kappa shape index (κ2) is 7.89. The van der Waals surface area contributed by atoms with Crippen LogP contribution in [0.5, 0.6) is 0 Å². The Bertz CT molecular complexity index is 1370. The number of imide groups is 1. The molecule has 3 aliphatic rings. The SMILES string of the molecule is NC1(c2ccc(Cc3nc(NC4CC4)n4ncc(/C=C5\CC(=O)NC5=O)c4n3)c(Cl)c2)CCC1. The molecule has 0 atom stereocenters. The number of aromatic nitrogens is 4. The van der Waals surface area contributed by atoms with Crippen LogP contribution in [0.1, 0.15) is 61.0 Å². The van der Waals surface area contributed by atoms with Crippen LogP contribution in [-0.2, 0) is 21.5 Å². The van der Waals surface area contributed by atoms with E-state index in [1.54, 1.807) is 16.8 Å². The van der Waals surface area contributed by atoms with Crippen LogP contribution in [-0.4, -0.2) is 37.4 Å². The minimum Gasteiger partial charge on any atom is -0.351 e. The van der Waals surface area contributed by atoms with Crippen molar-refractivity contribution in [1.82, 2.24) is 24.9 Å². The Morgan fingerprint density at radius 3 is 2.74 bits per heavy atom. The van der Waals surface area contributed by atoms with E-state index in [0.29, 0.717) is 46.0 Å². The largest absolute Gasteiger partial charge is 0.351 e. The summed E-state index contributed by atoms with van der Waals surface area (Å²) in [5.41, 5.74) is 9.78. The fraction of sp³-hybridized carbons (Fsp3) is 0.375. The highest BCUT2D eigenvalue weighted by Crippen LogP contribution is 2.40. The molecule has 3 aromatic rings. The Labute approximate surface area is 200 Å². The average Bonchev–Trinajstić information content (AvgIpc) is 3.42. The lowest BCUT2D eigenvalue weighted by Gasteiger charge is -2.38. The van der Waals surface area contributed by atoms with Gasteiger partial charge in [0.25, 0.3) is 5.91 Å². The molecule has 1 aliphatic heterocycles. The van der Waals surface area contributed by atoms with Crippen molar-refractivity contribution in [3.05, 3.63) is 57.5 Å². The van der Waals surface area contributed by atoms with E-state index in [2.05, 4.69) is 15.7 Å². The number of nitrogens with one attached hydrogen (secondary N) is 2. The lowest BCUT2D eigenvalue weighted by molar-refractivity contribution is -0.124. The molecule has 1 saturated heterocycles. The maximum absolute atomic E-state index is 12.0. The number of halogens is 1. The summed E-state index contributed by atoms with van der Waals surface area (Å²) in [6.45, 7) is 0. The van der Waals surface area contributed by atoms with Gasteiger partial charge < -0.3 is 11.1 Å². The normalized spacial score (nSPS) is 20.6. The van der Waals surface area contributed by atoms with Crippen LogP contribution in [0.2, 0.25) is 5.02 Å². The Balaban J connectivity index is 1.37. The van der Waals surface area contributed by atoms with Gasteiger partial charge in [-0.2, -0.15) is 14.6 Å². The van der Waals surface area contributed by atoms with Crippen LogP contribution in [0, 0.1) is 0 Å². The summed E-state index contributed by atoms with van der Waals surface area (Å²) in [4.78, 5) is 33.1. The van der Waals surface area contributed by atoms with E-state index < -0.39 is 0 Å². The van der Waals surface area contributed by atoms with E-state index in [1.165, 1.54) is 0 Å². The van der Waals surface area contributed by atoms with Gasteiger partial charge in [-0.25, -0.2) is 4.98 Å². The topological polar surface area (TPSA) is 127 Å². The predicted octanol–water partition coefficient (Wildman–Crippen LogP) is 2.71. The lowest BCUT2D eigenvalue weighted by Crippen LogP contribution is -2.43. The van der Waals surface area contributed by atoms with Crippen molar-refractivity contribution in [2.75, 3.05) is 5.32 Å². The second-order valence-corrected chi connectivity index (χ2v) is 9.84. The fourth-order valence-electron chi connectivity index (χ4n) is 4.45. The van der Waals surface area contributed by atoms with E-state index in [4.69, 9.17) is 27.3 Å². The Morgan fingerprint density at radius 2 is 2.09 bits per heavy atom. The second-order valence-electron chi connectivity index (χ2n) is 9.43. The monoisotopic (exact) mass is 477 g/mol. The predicted molar refractivity (Wildman–Crippen MR) is 127 cm³/mol. The number of hydrogen-bond acceptors (Lipinski definition) is 7. The molecule has 1 aromatic carbocycles. The first-order chi connectivity index (χ1) is 16.4. The molecule has 0 spiro atoms. The first kappa shape index (κ1) is 21.2. The third-order valence-electron chi connectivity index (χ3n) is 6.80. The van der Waals surface area contributed by atoms with Crippen LogP contribution in [0.15, 0.2) is 30.0 Å². The van der Waals surface area contributed by atoms with E-state index >= 15 is 0 Å². The first-order valence-electron chi connectivity index (χ1n) is 11.5. The zero-order valence-corrected chi connectivity index (χ0v) is 19.2. The quantitative estimate of drug-likeness (QED) is 0.368. The number of fused-ring (bicyclic) bond motifs is 1. The van der Waals surface area contributed by atoms with E-state index in [0.717, 1.165) is 43.2 Å². The molecular formula is C24H24ClN7O2. The third kappa shape index (κ3) is 3.84. The van der Waals surface area contributed by atoms with Gasteiger partial charge in [-0.05, 0) is 55.4 Å². The van der Waals surface area contributed by atoms with Gasteiger partial charge >= 0.3 is 0 Å². The van der Waals surface area contributed by atoms with Gasteiger partial charge in [0.2, 0.25) is 11.9 Å². The number of nitrogens with zero attached hydrogens (tertiary/aromatic N) is 4. The molecule has 2 amide bonds. The van der Waals surface area contributed by atoms with Gasteiger partial charge in [0, 0.05) is 34.2 Å². The van der Waals surface area contributed by atoms with E-state index in [1.807, 2.05) is 18.2 Å². The lowest BCUT2D eigenvalue weighted by atomic mass is 9.72. The van der Waals surface area contributed by atoms with Crippen molar-refractivity contribution in [2.24, 2.45) is 5.73 Å². The van der Waals surface area contributed by atoms with Crippen molar-refractivity contribution in [2.45, 2.75) is 56.5 Å². The molecule has 0 bridgehead atoms. The van der Waals surface area contributed by atoms with Crippen molar-refractivity contribution in [3.8, 4) is 0 Å². The molecule has 10 heteroatoms. The number of amides is 2. The zero-order chi connectivity index (χ0) is 23.4. The first-order valence-corrected chi connectivity index (χ1v) is 11.9. The Hall–Kier alpha value is -3.30. The van der Waals surface area contributed by atoms with Gasteiger partial charge in [0.15, 0.2) is 5.65 Å². The fourth-order valence-corrected chi connectivity index (χ4v) is 4.70. The van der Waals surface area contributed by atoms with Gasteiger partial charge in [-0.15, -0.1) is 0 Å². The highest BCUT2D eigenvalue weighted by molar-refractivity contribution is 6.31. The molecule has 2 aromatic heterocycles. The molecule has 3 fully saturated rings. The summed E-state index contributed by atoms with van der Waals surface area (Å²) in [5, 5.41) is 10.8. The molecule has 2 aliphatic carbocycles. The molecule has 9 nitrogen and oxygen atoms in total. The third-order valence-corrected chi connectivity index (χ3v) is 7.15. The summed E-state index contributed by atoms with van der Waals surface area (Å²) in [6, 6.07) is 6.37. The number of hydrogen-bond donors (Lipinski definition) is 3. The Morgan fingerprint density at radius 1 is 1.26 bits per heavy atom. The van der Waals surface area contributed by atoms with Gasteiger partial charge in [0.1, 0.15) is 5.82 Å². The molecule has 0 unspecified atom stereocenters. The molecule has 3 heterocycles. The maximum Gasteiger partial charge on any atom is 0.254 e. The number of carbonyl (C=O) groups is 2. The molecule has 34 heavy (non-hydrogen) atoms. The minimum atomic E-state index is -0.383. The van der Waals surface area contributed by atoms with E-state index in [-0.39, 0.29) is 23.8 Å². The highest BCUT2D eigenvalue weighted by Gasteiger charge is 2.34. The number of rotatable bonds is 6. The molecule has 2 saturated carbocycles. The van der Waals surface area contributed by atoms with Crippen LogP contribution in [0.3, 0.4) is 0 Å². The minimum absolute atomic E-state index is 0.0475. The Kier molecular flexibility index (Phi) is 4.93. The summed E-state index contributed by atoms with van der Waals surface area (Å²) in [6.07, 6.45) is 9.03. The maximum atomic E-state index is 12.0. The number of anilines is 1. The number of carbonyl (C=O) groups excluding carboxylic acids is 2. The van der Waals surface area contributed by atoms with Gasteiger partial charge in [-0.3, -0.25) is 14.9 Å². The number of benzene rings is 1. The van der Waals surface area contributed by atoms with Crippen LogP contribution in [0.25, 0.3) is 11.7 Å². The van der Waals surface area contributed by atoms with Crippen LogP contribution in [0.4, 0.5) is 5.95 Å². The van der Waals surface area contributed by atoms with Crippen molar-refractivity contribution in [1.29, 1.82) is 0 Å². The summed E-state index contributed by atoms with van der Waals surface area (Å²) >= 11 is 6.64. The standard InChI is InChI=1S/C24H24ClN7O2/c25-18-11-16(24(26)6-1-7-24)3-2-13(18)9-19-29-21-15(8-14-10-20(33)31-22(14)34)12-27-32(21)23(30-19)28-17-4-5-17/h2-3,8,11-12,17H,1,4-7,9-10,26H2,(H,28,29,30)(H,31,33,34)/b14-8+. The average molecular weight is 478 g/mol. The summed E-state index contributed by atoms with van der Waals surface area (Å²) in [5.74, 6) is 0.495. The van der Waals surface area contributed by atoms with Crippen LogP contribution < -0.4 is 16.4 Å². The van der Waals surface area contributed by atoms with Crippen molar-refractivity contribution >= 4 is 41.1 Å². The molecule has 6 rings (SSSR count).